The molecule has 2 fully saturated rings. The number of alkyl carbamates (subject to hydrolysis) is 1. The van der Waals surface area contributed by atoms with Crippen LogP contribution < -0.4 is 11.1 Å². The maximum Gasteiger partial charge on any atom is 0.407 e. The van der Waals surface area contributed by atoms with Crippen molar-refractivity contribution >= 4 is 21.8 Å². The molecule has 2 aromatic carbocycles. The summed E-state index contributed by atoms with van der Waals surface area (Å²) < 4.78 is 84.6. The molecule has 2 aliphatic heterocycles. The van der Waals surface area contributed by atoms with Crippen LogP contribution in [0, 0.1) is 11.8 Å². The number of fused-ring (bicyclic) bond motifs is 1. The molecular formula is C27H37N3O7S. The summed E-state index contributed by atoms with van der Waals surface area (Å²) in [6, 6.07) is 13.4. The fourth-order valence-corrected chi connectivity index (χ4v) is 5.85. The van der Waals surface area contributed by atoms with Gasteiger partial charge in [0.1, 0.15) is 6.10 Å². The first-order valence-electron chi connectivity index (χ1n) is 14.8. The molecule has 0 saturated carbocycles. The second kappa shape index (κ2) is 12.4. The van der Waals surface area contributed by atoms with Gasteiger partial charge in [-0.15, -0.1) is 0 Å². The average Bonchev–Trinajstić information content (AvgIpc) is 3.26. The van der Waals surface area contributed by atoms with Gasteiger partial charge in [0, 0.05) is 21.5 Å². The van der Waals surface area contributed by atoms with Gasteiger partial charge in [-0.05, 0) is 48.5 Å². The SMILES string of the molecule is [2H]C1([2H])CO[C@]2([2H])OC([2H])([2H])[C@H](OC(=O)N[C@@H](Cc3ccccc3)[C@H](O)CN(CC(C)C)S(=O)(=O)c3ccc(N)cc3)[C@H]12. The van der Waals surface area contributed by atoms with Crippen LogP contribution in [0.25, 0.3) is 0 Å². The van der Waals surface area contributed by atoms with Crippen molar-refractivity contribution in [2.24, 2.45) is 11.8 Å². The number of carbonyl (C=O) groups is 1. The summed E-state index contributed by atoms with van der Waals surface area (Å²) in [5.74, 6) is -1.70. The van der Waals surface area contributed by atoms with Crippen LogP contribution in [-0.2, 0) is 30.7 Å². The lowest BCUT2D eigenvalue weighted by Gasteiger charge is -2.31. The third kappa shape index (κ3) is 7.03. The van der Waals surface area contributed by atoms with Gasteiger partial charge in [0.2, 0.25) is 10.0 Å². The van der Waals surface area contributed by atoms with Crippen molar-refractivity contribution in [3.8, 4) is 0 Å². The summed E-state index contributed by atoms with van der Waals surface area (Å²) in [4.78, 5) is 13.2. The van der Waals surface area contributed by atoms with Crippen molar-refractivity contribution in [1.82, 2.24) is 9.62 Å². The van der Waals surface area contributed by atoms with Gasteiger partial charge in [0.15, 0.2) is 6.27 Å². The van der Waals surface area contributed by atoms with E-state index in [0.29, 0.717) is 11.3 Å². The summed E-state index contributed by atoms with van der Waals surface area (Å²) in [7, 11) is -4.08. The number of nitrogens with two attached hydrogens (primary N) is 1. The van der Waals surface area contributed by atoms with E-state index in [0.717, 1.165) is 4.31 Å². The maximum absolute atomic E-state index is 13.6. The highest BCUT2D eigenvalue weighted by molar-refractivity contribution is 7.89. The molecule has 10 nitrogen and oxygen atoms in total. The first-order valence-corrected chi connectivity index (χ1v) is 13.8. The second-order valence-corrected chi connectivity index (χ2v) is 11.6. The molecule has 2 heterocycles. The number of hydrogen-bond donors (Lipinski definition) is 3. The van der Waals surface area contributed by atoms with Crippen molar-refractivity contribution in [2.45, 2.75) is 56.1 Å². The van der Waals surface area contributed by atoms with E-state index in [1.165, 1.54) is 24.3 Å². The van der Waals surface area contributed by atoms with Gasteiger partial charge in [-0.25, -0.2) is 13.2 Å². The Labute approximate surface area is 231 Å². The van der Waals surface area contributed by atoms with Crippen LogP contribution in [0.2, 0.25) is 0 Å². The normalized spacial score (nSPS) is 29.3. The molecule has 5 atom stereocenters. The van der Waals surface area contributed by atoms with E-state index in [2.05, 4.69) is 5.32 Å². The number of carbonyl (C=O) groups excluding carboxylic acids is 1. The molecule has 1 amide bonds. The zero-order chi connectivity index (χ0) is 31.8. The topological polar surface area (TPSA) is 140 Å². The fourth-order valence-electron chi connectivity index (χ4n) is 4.23. The van der Waals surface area contributed by atoms with Gasteiger partial charge in [-0.2, -0.15) is 4.31 Å². The molecule has 11 heteroatoms. The number of anilines is 1. The Hall–Kier alpha value is -2.70. The summed E-state index contributed by atoms with van der Waals surface area (Å²) in [5, 5.41) is 13.9. The largest absolute Gasteiger partial charge is 0.443 e. The van der Waals surface area contributed by atoms with E-state index >= 15 is 0 Å². The van der Waals surface area contributed by atoms with Crippen molar-refractivity contribution in [3.63, 3.8) is 0 Å². The summed E-state index contributed by atoms with van der Waals surface area (Å²) in [6.45, 7) is 0.0161. The van der Waals surface area contributed by atoms with E-state index in [4.69, 9.17) is 26.8 Å². The van der Waals surface area contributed by atoms with Crippen molar-refractivity contribution in [1.29, 1.82) is 0 Å². The first-order chi connectivity index (χ1) is 19.9. The molecule has 4 N–H and O–H groups in total. The van der Waals surface area contributed by atoms with E-state index in [9.17, 15) is 18.3 Å². The number of nitrogens with one attached hydrogen (secondary N) is 1. The van der Waals surface area contributed by atoms with E-state index < -0.39 is 72.6 Å². The van der Waals surface area contributed by atoms with E-state index in [1.54, 1.807) is 30.3 Å². The van der Waals surface area contributed by atoms with Crippen LogP contribution in [0.5, 0.6) is 0 Å². The minimum atomic E-state index is -4.08. The molecule has 0 aliphatic carbocycles. The van der Waals surface area contributed by atoms with Gasteiger partial charge in [0.25, 0.3) is 0 Å². The number of amides is 1. The number of aliphatic hydroxyl groups is 1. The zero-order valence-electron chi connectivity index (χ0n) is 26.2. The van der Waals surface area contributed by atoms with Gasteiger partial charge in [-0.1, -0.05) is 44.2 Å². The number of ether oxygens (including phenoxy) is 3. The molecule has 0 radical (unpaired) electrons. The van der Waals surface area contributed by atoms with Crippen LogP contribution >= 0.6 is 0 Å². The monoisotopic (exact) mass is 552 g/mol. The van der Waals surface area contributed by atoms with E-state index in [1.807, 2.05) is 13.8 Å². The summed E-state index contributed by atoms with van der Waals surface area (Å²) >= 11 is 0. The molecule has 2 aliphatic rings. The molecule has 2 aromatic rings. The zero-order valence-corrected chi connectivity index (χ0v) is 22.1. The van der Waals surface area contributed by atoms with Crippen LogP contribution in [0.4, 0.5) is 10.5 Å². The quantitative estimate of drug-likeness (QED) is 0.361. The second-order valence-electron chi connectivity index (χ2n) is 9.63. The van der Waals surface area contributed by atoms with Crippen molar-refractivity contribution in [2.75, 3.05) is 32.0 Å². The highest BCUT2D eigenvalue weighted by atomic mass is 32.2. The number of sulfonamides is 1. The number of nitrogens with zero attached hydrogens (tertiary/aromatic N) is 1. The Balaban J connectivity index is 1.57. The summed E-state index contributed by atoms with van der Waals surface area (Å²) in [6.07, 6.45) is -9.08. The van der Waals surface area contributed by atoms with E-state index in [-0.39, 0.29) is 23.8 Å². The third-order valence-electron chi connectivity index (χ3n) is 6.13. The Kier molecular flexibility index (Phi) is 7.25. The molecule has 38 heavy (non-hydrogen) atoms. The minimum Gasteiger partial charge on any atom is -0.443 e. The Bertz CT molecular complexity index is 1390. The average molecular weight is 553 g/mol. The first kappa shape index (κ1) is 22.2. The van der Waals surface area contributed by atoms with Gasteiger partial charge in [0.05, 0.1) is 40.2 Å². The van der Waals surface area contributed by atoms with Crippen LogP contribution in [0.3, 0.4) is 0 Å². The predicted octanol–water partition coefficient (Wildman–Crippen LogP) is 2.38. The van der Waals surface area contributed by atoms with Crippen LogP contribution in [0.15, 0.2) is 59.5 Å². The smallest absolute Gasteiger partial charge is 0.407 e. The number of rotatable bonds is 11. The number of aliphatic hydroxyl groups excluding tert-OH is 1. The predicted molar refractivity (Wildman–Crippen MR) is 142 cm³/mol. The molecule has 208 valence electrons. The lowest BCUT2D eigenvalue weighted by molar-refractivity contribution is -0.0907. The molecule has 0 unspecified atom stereocenters. The Morgan fingerprint density at radius 2 is 1.92 bits per heavy atom. The molecule has 0 spiro atoms. The molecular weight excluding hydrogens is 510 g/mol. The highest BCUT2D eigenvalue weighted by Gasteiger charge is 2.44. The van der Waals surface area contributed by atoms with Gasteiger partial charge in [-0.3, -0.25) is 0 Å². The maximum atomic E-state index is 13.6. The fraction of sp³-hybridized carbons (Fsp3) is 0.519. The number of nitrogen functional groups attached to an aromatic ring is 1. The molecule has 2 saturated heterocycles. The minimum absolute atomic E-state index is 0.0167. The van der Waals surface area contributed by atoms with Gasteiger partial charge >= 0.3 is 6.09 Å². The van der Waals surface area contributed by atoms with Gasteiger partial charge < -0.3 is 30.4 Å². The Morgan fingerprint density at radius 3 is 2.61 bits per heavy atom. The van der Waals surface area contributed by atoms with Crippen molar-refractivity contribution < 1.29 is 39.4 Å². The third-order valence-corrected chi connectivity index (χ3v) is 7.97. The number of hydrogen-bond acceptors (Lipinski definition) is 8. The van der Waals surface area contributed by atoms with Crippen molar-refractivity contribution in [3.05, 3.63) is 60.2 Å². The lowest BCUT2D eigenvalue weighted by atomic mass is 10.0. The summed E-state index contributed by atoms with van der Waals surface area (Å²) in [5.41, 5.74) is 6.81. The molecule has 0 aromatic heterocycles. The molecule has 0 bridgehead atoms. The molecule has 4 rings (SSSR count). The van der Waals surface area contributed by atoms with Crippen LogP contribution in [0.1, 0.15) is 32.6 Å². The standard InChI is InChI=1S/C27H37N3O7S/c1-18(2)15-30(38(33,34)21-10-8-20(28)9-11-21)16-24(31)23(14-19-6-4-3-5-7-19)29-27(32)37-25-17-36-26-22(25)12-13-35-26/h3-11,18,22-26,31H,12-17,28H2,1-2H3,(H,29,32)/t22-,23-,24+,25-,26+/m0/s1/i12D2,17D2,26D. The number of benzene rings is 2. The Morgan fingerprint density at radius 1 is 1.21 bits per heavy atom. The lowest BCUT2D eigenvalue weighted by Crippen LogP contribution is -2.51. The van der Waals surface area contributed by atoms with Crippen LogP contribution in [-0.4, -0.2) is 74.7 Å². The highest BCUT2D eigenvalue weighted by Crippen LogP contribution is 2.33.